The van der Waals surface area contributed by atoms with E-state index in [9.17, 15) is 0 Å². The maximum absolute atomic E-state index is 4.69. The third kappa shape index (κ3) is 8.44. The van der Waals surface area contributed by atoms with E-state index < -0.39 is 0 Å². The van der Waals surface area contributed by atoms with Crippen LogP contribution < -0.4 is 0 Å². The first-order valence-electron chi connectivity index (χ1n) is 3.43. The van der Waals surface area contributed by atoms with Crippen molar-refractivity contribution in [2.45, 2.75) is 26.2 Å². The van der Waals surface area contributed by atoms with Crippen LogP contribution in [-0.2, 0) is 0 Å². The van der Waals surface area contributed by atoms with Gasteiger partial charge in [-0.3, -0.25) is 0 Å². The van der Waals surface area contributed by atoms with Crippen LogP contribution in [0.2, 0.25) is 0 Å². The van der Waals surface area contributed by atoms with Gasteiger partial charge in [-0.25, -0.2) is 0 Å². The van der Waals surface area contributed by atoms with Crippen LogP contribution in [0.1, 0.15) is 26.2 Å². The molecular weight excluding hydrogens is 148 g/mol. The third-order valence-electron chi connectivity index (χ3n) is 1.02. The second-order valence-electron chi connectivity index (χ2n) is 1.92. The number of thioether (sulfide) groups is 1. The molecule has 0 aliphatic carbocycles. The van der Waals surface area contributed by atoms with Gasteiger partial charge in [0.15, 0.2) is 0 Å². The molecule has 0 aromatic rings. The molecule has 0 rings (SSSR count). The maximum Gasteiger partial charge on any atom is -0.00247 e. The van der Waals surface area contributed by atoms with Crippen molar-refractivity contribution in [3.05, 3.63) is 0 Å². The number of rotatable bonds is 6. The Labute approximate surface area is 67.4 Å². The van der Waals surface area contributed by atoms with Crippen LogP contribution >= 0.6 is 24.0 Å². The van der Waals surface area contributed by atoms with Gasteiger partial charge in [-0.15, -0.1) is 0 Å². The number of hydrogen-bond acceptors (Lipinski definition) is 2. The standard InChI is InChI=1S/C7H14S2/c1-2-3-6-9-7-4-5-8/h5H,2-4,6-7H2,1H3. The minimum Gasteiger partial charge on any atom is -0.162 e. The van der Waals surface area contributed by atoms with Gasteiger partial charge in [0.05, 0.1) is 0 Å². The molecule has 0 aliphatic heterocycles. The molecule has 0 saturated heterocycles. The summed E-state index contributed by atoms with van der Waals surface area (Å²) in [5, 5.41) is 1.82. The molecule has 54 valence electrons. The van der Waals surface area contributed by atoms with Crippen molar-refractivity contribution in [1.29, 1.82) is 0 Å². The van der Waals surface area contributed by atoms with Gasteiger partial charge < -0.3 is 0 Å². The monoisotopic (exact) mass is 162 g/mol. The summed E-state index contributed by atoms with van der Waals surface area (Å²) in [6, 6.07) is 0. The SMILES string of the molecule is CCCCSCCC=S. The normalized spacial score (nSPS) is 9.44. The minimum absolute atomic E-state index is 1.09. The van der Waals surface area contributed by atoms with Crippen molar-refractivity contribution in [2.75, 3.05) is 11.5 Å². The summed E-state index contributed by atoms with van der Waals surface area (Å²) < 4.78 is 0. The minimum atomic E-state index is 1.09. The maximum atomic E-state index is 4.69. The molecule has 0 radical (unpaired) electrons. The average Bonchev–Trinajstić information content (AvgIpc) is 1.89. The second kappa shape index (κ2) is 8.44. The van der Waals surface area contributed by atoms with Gasteiger partial charge >= 0.3 is 0 Å². The Hall–Kier alpha value is 0.440. The van der Waals surface area contributed by atoms with Crippen molar-refractivity contribution in [3.63, 3.8) is 0 Å². The smallest absolute Gasteiger partial charge is 0.00247 e. The summed E-state index contributed by atoms with van der Waals surface area (Å²) in [4.78, 5) is 0. The van der Waals surface area contributed by atoms with Crippen LogP contribution in [0.25, 0.3) is 0 Å². The Balaban J connectivity index is 2.66. The summed E-state index contributed by atoms with van der Waals surface area (Å²) in [7, 11) is 0. The fourth-order valence-corrected chi connectivity index (χ4v) is 1.73. The Morgan fingerprint density at radius 3 is 2.78 bits per heavy atom. The molecule has 0 N–H and O–H groups in total. The van der Waals surface area contributed by atoms with Gasteiger partial charge in [0.25, 0.3) is 0 Å². The molecule has 0 spiro atoms. The molecule has 0 aromatic carbocycles. The first-order valence-corrected chi connectivity index (χ1v) is 5.05. The highest BCUT2D eigenvalue weighted by Crippen LogP contribution is 2.04. The third-order valence-corrected chi connectivity index (χ3v) is 2.36. The van der Waals surface area contributed by atoms with Gasteiger partial charge in [0.2, 0.25) is 0 Å². The lowest BCUT2D eigenvalue weighted by atomic mass is 10.4. The largest absolute Gasteiger partial charge is 0.162 e. The zero-order valence-corrected chi connectivity index (χ0v) is 7.56. The van der Waals surface area contributed by atoms with Crippen LogP contribution in [0.5, 0.6) is 0 Å². The lowest BCUT2D eigenvalue weighted by molar-refractivity contribution is 0.896. The van der Waals surface area contributed by atoms with E-state index in [1.54, 1.807) is 0 Å². The van der Waals surface area contributed by atoms with Crippen LogP contribution in [0.15, 0.2) is 0 Å². The topological polar surface area (TPSA) is 0 Å². The number of hydrogen-bond donors (Lipinski definition) is 0. The predicted molar refractivity (Wildman–Crippen MR) is 50.5 cm³/mol. The van der Waals surface area contributed by atoms with E-state index in [2.05, 4.69) is 6.92 Å². The molecule has 0 nitrogen and oxygen atoms in total. The average molecular weight is 162 g/mol. The van der Waals surface area contributed by atoms with E-state index in [1.807, 2.05) is 17.1 Å². The first-order chi connectivity index (χ1) is 4.41. The summed E-state index contributed by atoms with van der Waals surface area (Å²) in [6.07, 6.45) is 3.75. The lowest BCUT2D eigenvalue weighted by Gasteiger charge is -1.94. The summed E-state index contributed by atoms with van der Waals surface area (Å²) in [6.45, 7) is 2.22. The van der Waals surface area contributed by atoms with E-state index in [0.717, 1.165) is 6.42 Å². The van der Waals surface area contributed by atoms with E-state index in [0.29, 0.717) is 0 Å². The van der Waals surface area contributed by atoms with Crippen molar-refractivity contribution in [3.8, 4) is 0 Å². The molecule has 0 aliphatic rings. The van der Waals surface area contributed by atoms with E-state index in [4.69, 9.17) is 12.2 Å². The van der Waals surface area contributed by atoms with E-state index >= 15 is 0 Å². The highest BCUT2D eigenvalue weighted by Gasteiger charge is 1.84. The molecule has 0 bridgehead atoms. The highest BCUT2D eigenvalue weighted by molar-refractivity contribution is 7.99. The van der Waals surface area contributed by atoms with Gasteiger partial charge in [0.1, 0.15) is 0 Å². The molecule has 0 atom stereocenters. The molecule has 9 heavy (non-hydrogen) atoms. The first kappa shape index (κ1) is 9.44. The van der Waals surface area contributed by atoms with Crippen LogP contribution in [0, 0.1) is 0 Å². The molecule has 0 unspecified atom stereocenters. The fraction of sp³-hybridized carbons (Fsp3) is 0.857. The van der Waals surface area contributed by atoms with Gasteiger partial charge in [-0.05, 0) is 29.7 Å². The highest BCUT2D eigenvalue weighted by atomic mass is 32.2. The Bertz CT molecular complexity index is 61.9. The molecule has 0 saturated carbocycles. The van der Waals surface area contributed by atoms with Gasteiger partial charge in [-0.2, -0.15) is 11.8 Å². The number of unbranched alkanes of at least 4 members (excludes halogenated alkanes) is 1. The van der Waals surface area contributed by atoms with Crippen LogP contribution in [0.4, 0.5) is 0 Å². The van der Waals surface area contributed by atoms with Crippen LogP contribution in [-0.4, -0.2) is 16.9 Å². The van der Waals surface area contributed by atoms with Gasteiger partial charge in [0, 0.05) is 0 Å². The van der Waals surface area contributed by atoms with Crippen molar-refractivity contribution in [2.24, 2.45) is 0 Å². The molecule has 0 amide bonds. The number of thiocarbonyl (C=S) groups is 1. The summed E-state index contributed by atoms with van der Waals surface area (Å²) >= 11 is 6.70. The molecule has 2 heteroatoms. The quantitative estimate of drug-likeness (QED) is 0.435. The van der Waals surface area contributed by atoms with E-state index in [1.165, 1.54) is 24.3 Å². The van der Waals surface area contributed by atoms with Crippen molar-refractivity contribution >= 4 is 29.3 Å². The molecular formula is C7H14S2. The Morgan fingerprint density at radius 2 is 2.22 bits per heavy atom. The van der Waals surface area contributed by atoms with Crippen molar-refractivity contribution < 1.29 is 0 Å². The Kier molecular flexibility index (Phi) is 8.85. The fourth-order valence-electron chi connectivity index (χ4n) is 0.480. The lowest BCUT2D eigenvalue weighted by Crippen LogP contribution is -1.82. The molecule has 0 fully saturated rings. The van der Waals surface area contributed by atoms with Gasteiger partial charge in [-0.1, -0.05) is 25.6 Å². The van der Waals surface area contributed by atoms with Crippen LogP contribution in [0.3, 0.4) is 0 Å². The van der Waals surface area contributed by atoms with E-state index in [-0.39, 0.29) is 0 Å². The summed E-state index contributed by atoms with van der Waals surface area (Å²) in [5.74, 6) is 2.52. The summed E-state index contributed by atoms with van der Waals surface area (Å²) in [5.41, 5.74) is 0. The second-order valence-corrected chi connectivity index (χ2v) is 3.48. The molecule has 0 aromatic heterocycles. The predicted octanol–water partition coefficient (Wildman–Crippen LogP) is 2.91. The zero-order chi connectivity index (χ0) is 6.95. The zero-order valence-electron chi connectivity index (χ0n) is 5.93. The molecule has 0 heterocycles. The Morgan fingerprint density at radius 1 is 1.44 bits per heavy atom. The van der Waals surface area contributed by atoms with Crippen molar-refractivity contribution in [1.82, 2.24) is 0 Å².